The maximum atomic E-state index is 11.8. The number of H-pyrrole nitrogens is 1. The van der Waals surface area contributed by atoms with Crippen LogP contribution >= 0.6 is 0 Å². The number of alkyl carbamates (subject to hydrolysis) is 1. The maximum Gasteiger partial charge on any atom is 0.407 e. The van der Waals surface area contributed by atoms with Crippen LogP contribution in [0.2, 0.25) is 0 Å². The Morgan fingerprint density at radius 2 is 2.29 bits per heavy atom. The lowest BCUT2D eigenvalue weighted by Gasteiger charge is -2.18. The number of amides is 1. The minimum absolute atomic E-state index is 0.00133. The Hall–Kier alpha value is -2.29. The first-order valence-corrected chi connectivity index (χ1v) is 8.13. The molecule has 9 nitrogen and oxygen atoms in total. The van der Waals surface area contributed by atoms with Crippen molar-refractivity contribution in [2.24, 2.45) is 7.05 Å². The smallest absolute Gasteiger partial charge is 0.407 e. The van der Waals surface area contributed by atoms with Crippen LogP contribution in [0.1, 0.15) is 19.3 Å². The van der Waals surface area contributed by atoms with Gasteiger partial charge in [-0.3, -0.25) is 14.3 Å². The highest BCUT2D eigenvalue weighted by Crippen LogP contribution is 2.16. The van der Waals surface area contributed by atoms with Crippen molar-refractivity contribution in [2.45, 2.75) is 31.4 Å². The number of nitrogens with zero attached hydrogens (tertiary/aromatic N) is 2. The third kappa shape index (κ3) is 3.78. The van der Waals surface area contributed by atoms with E-state index in [9.17, 15) is 14.4 Å². The minimum atomic E-state index is -0.463. The number of aromatic nitrogens is 2. The second-order valence-electron chi connectivity index (χ2n) is 6.17. The van der Waals surface area contributed by atoms with E-state index in [4.69, 9.17) is 9.47 Å². The van der Waals surface area contributed by atoms with E-state index in [0.29, 0.717) is 25.3 Å². The molecule has 3 heterocycles. The molecule has 0 bridgehead atoms. The van der Waals surface area contributed by atoms with Gasteiger partial charge in [0.2, 0.25) is 0 Å². The molecule has 0 aliphatic carbocycles. The molecule has 0 spiro atoms. The number of ether oxygens (including phenoxy) is 2. The van der Waals surface area contributed by atoms with E-state index in [0.717, 1.165) is 24.0 Å². The van der Waals surface area contributed by atoms with Crippen molar-refractivity contribution >= 4 is 11.9 Å². The summed E-state index contributed by atoms with van der Waals surface area (Å²) < 4.78 is 11.6. The molecule has 1 aromatic heterocycles. The van der Waals surface area contributed by atoms with Crippen molar-refractivity contribution in [3.05, 3.63) is 26.9 Å². The molecule has 2 saturated heterocycles. The molecule has 1 aromatic rings. The molecule has 24 heavy (non-hydrogen) atoms. The molecule has 0 aromatic carbocycles. The summed E-state index contributed by atoms with van der Waals surface area (Å²) in [5.74, 6) is 0.472. The Labute approximate surface area is 138 Å². The van der Waals surface area contributed by atoms with Crippen LogP contribution in [0.5, 0.6) is 0 Å². The number of rotatable bonds is 4. The van der Waals surface area contributed by atoms with E-state index >= 15 is 0 Å². The van der Waals surface area contributed by atoms with E-state index in [-0.39, 0.29) is 24.3 Å². The highest BCUT2D eigenvalue weighted by Gasteiger charge is 2.26. The number of hydrogen-bond acceptors (Lipinski definition) is 6. The zero-order valence-corrected chi connectivity index (χ0v) is 13.6. The third-order valence-corrected chi connectivity index (χ3v) is 4.41. The fraction of sp³-hybridized carbons (Fsp3) is 0.667. The fourth-order valence-electron chi connectivity index (χ4n) is 2.96. The van der Waals surface area contributed by atoms with Crippen LogP contribution in [0.15, 0.2) is 15.7 Å². The van der Waals surface area contributed by atoms with Gasteiger partial charge in [-0.2, -0.15) is 0 Å². The van der Waals surface area contributed by atoms with Gasteiger partial charge in [-0.1, -0.05) is 0 Å². The Morgan fingerprint density at radius 3 is 3.00 bits per heavy atom. The van der Waals surface area contributed by atoms with Gasteiger partial charge in [-0.05, 0) is 19.3 Å². The average Bonchev–Trinajstić information content (AvgIpc) is 3.21. The van der Waals surface area contributed by atoms with Crippen LogP contribution < -0.4 is 21.5 Å². The lowest BCUT2D eigenvalue weighted by molar-refractivity contribution is 0.0431. The van der Waals surface area contributed by atoms with Gasteiger partial charge in [0.25, 0.3) is 5.56 Å². The standard InChI is InChI=1S/C15H22N4O5/c1-18-13(20)7-12(17-14(18)21)19-5-4-10(8-19)16-15(22)24-9-11-3-2-6-23-11/h7,10-11H,2-6,8-9H2,1H3,(H,16,22)(H,17,21). The fourth-order valence-corrected chi connectivity index (χ4v) is 2.96. The molecule has 2 atom stereocenters. The summed E-state index contributed by atoms with van der Waals surface area (Å²) in [5.41, 5.74) is -0.814. The van der Waals surface area contributed by atoms with Gasteiger partial charge in [0, 0.05) is 32.8 Å². The van der Waals surface area contributed by atoms with Gasteiger partial charge in [0.1, 0.15) is 12.4 Å². The number of hydrogen-bond donors (Lipinski definition) is 2. The van der Waals surface area contributed by atoms with Crippen LogP contribution in [0.4, 0.5) is 10.6 Å². The first-order valence-electron chi connectivity index (χ1n) is 8.13. The summed E-state index contributed by atoms with van der Waals surface area (Å²) in [6.07, 6.45) is 2.17. The predicted octanol–water partition coefficient (Wildman–Crippen LogP) is -0.442. The molecule has 9 heteroatoms. The summed E-state index contributed by atoms with van der Waals surface area (Å²) in [6.45, 7) is 2.14. The van der Waals surface area contributed by atoms with Crippen LogP contribution in [0.3, 0.4) is 0 Å². The molecule has 2 N–H and O–H groups in total. The highest BCUT2D eigenvalue weighted by atomic mass is 16.6. The molecular formula is C15H22N4O5. The monoisotopic (exact) mass is 338 g/mol. The Balaban J connectivity index is 1.51. The quantitative estimate of drug-likeness (QED) is 0.771. The molecule has 2 aliphatic heterocycles. The second kappa shape index (κ2) is 7.08. The van der Waals surface area contributed by atoms with Gasteiger partial charge >= 0.3 is 11.8 Å². The lowest BCUT2D eigenvalue weighted by atomic mass is 10.2. The first-order chi connectivity index (χ1) is 11.5. The van der Waals surface area contributed by atoms with E-state index < -0.39 is 11.8 Å². The van der Waals surface area contributed by atoms with E-state index in [1.54, 1.807) is 0 Å². The SMILES string of the molecule is Cn1c(=O)cc(N2CCC(NC(=O)OCC3CCCO3)C2)[nH]c1=O. The van der Waals surface area contributed by atoms with Crippen LogP contribution in [0, 0.1) is 0 Å². The van der Waals surface area contributed by atoms with Gasteiger partial charge in [-0.15, -0.1) is 0 Å². The van der Waals surface area contributed by atoms with Gasteiger partial charge in [0.15, 0.2) is 0 Å². The summed E-state index contributed by atoms with van der Waals surface area (Å²) in [6, 6.07) is 1.30. The van der Waals surface area contributed by atoms with E-state index in [1.165, 1.54) is 13.1 Å². The molecule has 2 aliphatic rings. The molecule has 0 radical (unpaired) electrons. The molecule has 132 valence electrons. The van der Waals surface area contributed by atoms with Crippen molar-refractivity contribution in [2.75, 3.05) is 31.2 Å². The lowest BCUT2D eigenvalue weighted by Crippen LogP contribution is -2.39. The number of carbonyl (C=O) groups excluding carboxylic acids is 1. The second-order valence-corrected chi connectivity index (χ2v) is 6.17. The number of aromatic amines is 1. The topological polar surface area (TPSA) is 106 Å². The Bertz CT molecular complexity index is 675. The van der Waals surface area contributed by atoms with E-state index in [2.05, 4.69) is 10.3 Å². The highest BCUT2D eigenvalue weighted by molar-refractivity contribution is 5.67. The van der Waals surface area contributed by atoms with Gasteiger partial charge < -0.3 is 19.7 Å². The van der Waals surface area contributed by atoms with Crippen LogP contribution in [-0.2, 0) is 16.5 Å². The molecular weight excluding hydrogens is 316 g/mol. The van der Waals surface area contributed by atoms with Crippen molar-refractivity contribution < 1.29 is 14.3 Å². The Morgan fingerprint density at radius 1 is 1.46 bits per heavy atom. The van der Waals surface area contributed by atoms with E-state index in [1.807, 2.05) is 4.90 Å². The van der Waals surface area contributed by atoms with Crippen molar-refractivity contribution in [3.8, 4) is 0 Å². The molecule has 2 fully saturated rings. The first kappa shape index (κ1) is 16.6. The summed E-state index contributed by atoms with van der Waals surface area (Å²) in [5, 5.41) is 2.81. The number of nitrogens with one attached hydrogen (secondary N) is 2. The zero-order chi connectivity index (χ0) is 17.1. The maximum absolute atomic E-state index is 11.8. The van der Waals surface area contributed by atoms with Crippen molar-refractivity contribution in [1.82, 2.24) is 14.9 Å². The van der Waals surface area contributed by atoms with Gasteiger partial charge in [-0.25, -0.2) is 9.59 Å². The summed E-state index contributed by atoms with van der Waals surface area (Å²) >= 11 is 0. The molecule has 0 saturated carbocycles. The van der Waals surface area contributed by atoms with Crippen LogP contribution in [-0.4, -0.2) is 54.1 Å². The molecule has 2 unspecified atom stereocenters. The normalized spacial score (nSPS) is 23.5. The van der Waals surface area contributed by atoms with Crippen molar-refractivity contribution in [1.29, 1.82) is 0 Å². The third-order valence-electron chi connectivity index (χ3n) is 4.41. The Kier molecular flexibility index (Phi) is 4.89. The van der Waals surface area contributed by atoms with Crippen molar-refractivity contribution in [3.63, 3.8) is 0 Å². The zero-order valence-electron chi connectivity index (χ0n) is 13.6. The molecule has 3 rings (SSSR count). The predicted molar refractivity (Wildman–Crippen MR) is 86.4 cm³/mol. The summed E-state index contributed by atoms with van der Waals surface area (Å²) in [7, 11) is 1.42. The summed E-state index contributed by atoms with van der Waals surface area (Å²) in [4.78, 5) is 39.7. The minimum Gasteiger partial charge on any atom is -0.447 e. The largest absolute Gasteiger partial charge is 0.447 e. The van der Waals surface area contributed by atoms with Crippen LogP contribution in [0.25, 0.3) is 0 Å². The molecule has 1 amide bonds. The average molecular weight is 338 g/mol. The number of anilines is 1. The van der Waals surface area contributed by atoms with Gasteiger partial charge in [0.05, 0.1) is 12.1 Å². The number of carbonyl (C=O) groups is 1.